The number of fused-ring (bicyclic) bond motifs is 2. The standard InChI is InChI=1S/C23H33N3O3.C6H7NO.C2H6/c1-5-26-22(27)25-15-17-6-7-18(28-3)14-20(29-4)19(17)12-16(2)13-21(25)23(26)8-10-24-11-9-23;1-7-4-2-3-6(7)5-8;1-2/h7,13-14,16,24H,5-6,8-12,15H2,1-4H3;2-5H,1H3;1-2H3/b21-13-;;/t16-;;/m1../s1. The van der Waals surface area contributed by atoms with E-state index >= 15 is 0 Å². The van der Waals surface area contributed by atoms with Gasteiger partial charge in [-0.1, -0.05) is 26.8 Å². The quantitative estimate of drug-likeness (QED) is 0.519. The van der Waals surface area contributed by atoms with Gasteiger partial charge in [-0.15, -0.1) is 0 Å². The summed E-state index contributed by atoms with van der Waals surface area (Å²) in [7, 11) is 5.23. The molecule has 0 bridgehead atoms. The Balaban J connectivity index is 0.000000357. The largest absolute Gasteiger partial charge is 0.497 e. The van der Waals surface area contributed by atoms with Crippen LogP contribution >= 0.6 is 0 Å². The molecule has 4 aliphatic rings. The van der Waals surface area contributed by atoms with Crippen molar-refractivity contribution in [1.82, 2.24) is 19.7 Å². The number of allylic oxidation sites excluding steroid dienone is 4. The molecule has 2 saturated heterocycles. The number of amides is 2. The number of hydrogen-bond donors (Lipinski definition) is 1. The third-order valence-electron chi connectivity index (χ3n) is 7.92. The van der Waals surface area contributed by atoms with Gasteiger partial charge in [0.05, 0.1) is 25.5 Å². The highest BCUT2D eigenvalue weighted by Crippen LogP contribution is 2.45. The van der Waals surface area contributed by atoms with Crippen molar-refractivity contribution >= 4 is 12.3 Å². The third-order valence-corrected chi connectivity index (χ3v) is 7.92. The zero-order valence-corrected chi connectivity index (χ0v) is 24.8. The van der Waals surface area contributed by atoms with Crippen molar-refractivity contribution in [3.05, 3.63) is 70.6 Å². The molecule has 1 atom stereocenters. The van der Waals surface area contributed by atoms with Crippen LogP contribution in [0.5, 0.6) is 0 Å². The van der Waals surface area contributed by atoms with Crippen LogP contribution in [-0.4, -0.2) is 72.6 Å². The predicted octanol–water partition coefficient (Wildman–Crippen LogP) is 5.41. The number of likely N-dealkylation sites (N-methyl/N-ethyl adjacent to an activating group) is 1. The highest BCUT2D eigenvalue weighted by molar-refractivity contribution is 5.83. The summed E-state index contributed by atoms with van der Waals surface area (Å²) in [6.07, 6.45) is 12.7. The van der Waals surface area contributed by atoms with Crippen LogP contribution in [0, 0.1) is 5.92 Å². The number of aryl methyl sites for hydroxylation is 1. The summed E-state index contributed by atoms with van der Waals surface area (Å²) in [5.74, 6) is 1.98. The highest BCUT2D eigenvalue weighted by Gasteiger charge is 2.53. The van der Waals surface area contributed by atoms with Crippen LogP contribution in [0.4, 0.5) is 4.79 Å². The number of piperidine rings is 1. The van der Waals surface area contributed by atoms with Gasteiger partial charge in [0, 0.05) is 38.1 Å². The molecule has 1 N–H and O–H groups in total. The number of nitrogens with zero attached hydrogens (tertiary/aromatic N) is 3. The Bertz CT molecular complexity index is 1140. The second kappa shape index (κ2) is 13.7. The van der Waals surface area contributed by atoms with E-state index in [9.17, 15) is 9.59 Å². The number of carbonyl (C=O) groups is 2. The molecule has 3 aliphatic heterocycles. The van der Waals surface area contributed by atoms with Gasteiger partial charge in [0.2, 0.25) is 0 Å². The van der Waals surface area contributed by atoms with E-state index in [1.807, 2.05) is 44.1 Å². The summed E-state index contributed by atoms with van der Waals surface area (Å²) in [4.78, 5) is 27.7. The Morgan fingerprint density at radius 2 is 1.90 bits per heavy atom. The van der Waals surface area contributed by atoms with Gasteiger partial charge in [0.1, 0.15) is 11.5 Å². The summed E-state index contributed by atoms with van der Waals surface area (Å²) in [5, 5.41) is 3.47. The Morgan fingerprint density at radius 1 is 1.18 bits per heavy atom. The number of ether oxygens (including phenoxy) is 2. The van der Waals surface area contributed by atoms with Gasteiger partial charge < -0.3 is 24.3 Å². The van der Waals surface area contributed by atoms with E-state index in [2.05, 4.69) is 36.2 Å². The smallest absolute Gasteiger partial charge is 0.325 e. The van der Waals surface area contributed by atoms with Crippen molar-refractivity contribution in [2.45, 2.75) is 58.9 Å². The van der Waals surface area contributed by atoms with Gasteiger partial charge in [-0.2, -0.15) is 0 Å². The van der Waals surface area contributed by atoms with Gasteiger partial charge in [-0.05, 0) is 81.0 Å². The van der Waals surface area contributed by atoms with Crippen molar-refractivity contribution in [2.75, 3.05) is 40.4 Å². The highest BCUT2D eigenvalue weighted by atomic mass is 16.5. The first-order valence-corrected chi connectivity index (χ1v) is 14.2. The summed E-state index contributed by atoms with van der Waals surface area (Å²) in [5.41, 5.74) is 4.22. The van der Waals surface area contributed by atoms with E-state index in [1.54, 1.807) is 24.9 Å². The van der Waals surface area contributed by atoms with Crippen molar-refractivity contribution < 1.29 is 19.1 Å². The van der Waals surface area contributed by atoms with Crippen molar-refractivity contribution in [1.29, 1.82) is 0 Å². The minimum absolute atomic E-state index is 0.143. The normalized spacial score (nSPS) is 23.2. The molecule has 0 aromatic carbocycles. The fraction of sp³-hybridized carbons (Fsp3) is 0.548. The van der Waals surface area contributed by atoms with E-state index in [-0.39, 0.29) is 11.6 Å². The van der Waals surface area contributed by atoms with Crippen LogP contribution in [0.15, 0.2) is 64.9 Å². The van der Waals surface area contributed by atoms with Crippen LogP contribution in [-0.2, 0) is 16.5 Å². The minimum Gasteiger partial charge on any atom is -0.497 e. The van der Waals surface area contributed by atoms with E-state index in [4.69, 9.17) is 9.47 Å². The van der Waals surface area contributed by atoms with Crippen LogP contribution in [0.1, 0.15) is 63.9 Å². The molecule has 0 unspecified atom stereocenters. The molecular formula is C31H46N4O4. The third kappa shape index (κ3) is 6.16. The maximum atomic E-state index is 13.5. The summed E-state index contributed by atoms with van der Waals surface area (Å²) in [6, 6.07) is 3.75. The lowest BCUT2D eigenvalue weighted by Gasteiger charge is -2.41. The number of aldehydes is 1. The number of carbonyl (C=O) groups excluding carboxylic acids is 2. The number of urea groups is 1. The lowest BCUT2D eigenvalue weighted by atomic mass is 9.81. The zero-order chi connectivity index (χ0) is 28.6. The predicted molar refractivity (Wildman–Crippen MR) is 155 cm³/mol. The van der Waals surface area contributed by atoms with Gasteiger partial charge >= 0.3 is 6.03 Å². The molecule has 1 spiro atoms. The molecule has 4 heterocycles. The molecule has 8 heteroatoms. The summed E-state index contributed by atoms with van der Waals surface area (Å²) in [6.45, 7) is 11.6. The van der Waals surface area contributed by atoms with E-state index in [0.717, 1.165) is 63.1 Å². The zero-order valence-electron chi connectivity index (χ0n) is 24.8. The second-order valence-corrected chi connectivity index (χ2v) is 10.1. The monoisotopic (exact) mass is 538 g/mol. The molecule has 1 aromatic rings. The first-order valence-electron chi connectivity index (χ1n) is 14.2. The number of rotatable bonds is 4. The second-order valence-electron chi connectivity index (χ2n) is 10.1. The van der Waals surface area contributed by atoms with E-state index in [0.29, 0.717) is 18.2 Å². The SMILES string of the molecule is CC.CCN1C(=O)N2CC3=C(C[C@@H](C)/C=C\2C12CCNCC2)C(OC)=CC(OC)=CC3.Cn1cccc1C=O. The first kappa shape index (κ1) is 30.3. The number of aromatic nitrogens is 1. The molecular weight excluding hydrogens is 492 g/mol. The molecule has 1 aliphatic carbocycles. The van der Waals surface area contributed by atoms with Crippen LogP contribution in [0.3, 0.4) is 0 Å². The fourth-order valence-electron chi connectivity index (χ4n) is 5.99. The maximum Gasteiger partial charge on any atom is 0.325 e. The molecule has 0 saturated carbocycles. The average molecular weight is 539 g/mol. The number of methoxy groups -OCH3 is 2. The molecule has 8 nitrogen and oxygen atoms in total. The topological polar surface area (TPSA) is 76.0 Å². The van der Waals surface area contributed by atoms with Crippen LogP contribution in [0.2, 0.25) is 0 Å². The molecule has 2 fully saturated rings. The Labute approximate surface area is 234 Å². The van der Waals surface area contributed by atoms with E-state index < -0.39 is 0 Å². The molecule has 0 radical (unpaired) electrons. The lowest BCUT2D eigenvalue weighted by molar-refractivity contribution is 0.111. The molecule has 2 amide bonds. The van der Waals surface area contributed by atoms with Crippen LogP contribution < -0.4 is 5.32 Å². The van der Waals surface area contributed by atoms with E-state index in [1.165, 1.54) is 16.8 Å². The fourth-order valence-corrected chi connectivity index (χ4v) is 5.99. The lowest BCUT2D eigenvalue weighted by Crippen LogP contribution is -2.52. The van der Waals surface area contributed by atoms with Crippen molar-refractivity contribution in [2.24, 2.45) is 13.0 Å². The van der Waals surface area contributed by atoms with Gasteiger partial charge in [0.25, 0.3) is 0 Å². The molecule has 39 heavy (non-hydrogen) atoms. The Morgan fingerprint density at radius 3 is 2.44 bits per heavy atom. The Kier molecular flexibility index (Phi) is 10.6. The Hall–Kier alpha value is -3.26. The van der Waals surface area contributed by atoms with Crippen molar-refractivity contribution in [3.63, 3.8) is 0 Å². The number of hydrogen-bond acceptors (Lipinski definition) is 5. The number of nitrogens with one attached hydrogen (secondary N) is 1. The summed E-state index contributed by atoms with van der Waals surface area (Å²) >= 11 is 0. The van der Waals surface area contributed by atoms with Gasteiger partial charge in [-0.3, -0.25) is 9.69 Å². The van der Waals surface area contributed by atoms with Gasteiger partial charge in [-0.25, -0.2) is 4.79 Å². The first-order chi connectivity index (χ1) is 18.9. The van der Waals surface area contributed by atoms with Crippen LogP contribution in [0.25, 0.3) is 0 Å². The van der Waals surface area contributed by atoms with Crippen molar-refractivity contribution in [3.8, 4) is 0 Å². The summed E-state index contributed by atoms with van der Waals surface area (Å²) < 4.78 is 13.0. The van der Waals surface area contributed by atoms with Gasteiger partial charge in [0.15, 0.2) is 6.29 Å². The molecule has 214 valence electrons. The maximum absolute atomic E-state index is 13.5. The average Bonchev–Trinajstić information content (AvgIpc) is 3.39. The minimum atomic E-state index is -0.165. The molecule has 5 rings (SSSR count). The molecule has 1 aromatic heterocycles.